The summed E-state index contributed by atoms with van der Waals surface area (Å²) in [6.45, 7) is 2.09. The predicted molar refractivity (Wildman–Crippen MR) is 60.6 cm³/mol. The summed E-state index contributed by atoms with van der Waals surface area (Å²) in [6, 6.07) is -1.42. The van der Waals surface area contributed by atoms with E-state index in [2.05, 4.69) is 5.32 Å². The largest absolute Gasteiger partial charge is 0.479 e. The molecule has 1 fully saturated rings. The van der Waals surface area contributed by atoms with Gasteiger partial charge >= 0.3 is 18.2 Å². The number of carboxylic acids is 1. The van der Waals surface area contributed by atoms with Gasteiger partial charge in [-0.3, -0.25) is 0 Å². The summed E-state index contributed by atoms with van der Waals surface area (Å²) >= 11 is 0. The molecule has 2 unspecified atom stereocenters. The van der Waals surface area contributed by atoms with E-state index in [1.165, 1.54) is 5.32 Å². The summed E-state index contributed by atoms with van der Waals surface area (Å²) in [5, 5.41) is 12.4. The minimum atomic E-state index is -5.07. The molecule has 0 aromatic rings. The molecular weight excluding hydrogens is 265 g/mol. The van der Waals surface area contributed by atoms with Crippen molar-refractivity contribution < 1.29 is 27.9 Å². The number of hydrogen-bond acceptors (Lipinski definition) is 2. The zero-order valence-corrected chi connectivity index (χ0v) is 10.7. The maximum Gasteiger partial charge on any atom is 0.422 e. The van der Waals surface area contributed by atoms with Gasteiger partial charge in [0, 0.05) is 6.04 Å². The van der Waals surface area contributed by atoms with E-state index in [9.17, 15) is 22.8 Å². The van der Waals surface area contributed by atoms with Crippen LogP contribution in [-0.2, 0) is 4.79 Å². The summed E-state index contributed by atoms with van der Waals surface area (Å²) in [7, 11) is 0. The molecule has 1 aliphatic rings. The number of nitrogens with one attached hydrogen (secondary N) is 2. The van der Waals surface area contributed by atoms with E-state index in [0.717, 1.165) is 12.8 Å². The van der Waals surface area contributed by atoms with Gasteiger partial charge in [-0.15, -0.1) is 0 Å². The van der Waals surface area contributed by atoms with Crippen molar-refractivity contribution in [2.75, 3.05) is 0 Å². The summed E-state index contributed by atoms with van der Waals surface area (Å²) < 4.78 is 37.9. The number of carbonyl (C=O) groups is 2. The van der Waals surface area contributed by atoms with E-state index >= 15 is 0 Å². The molecular formula is C11H17F3N2O3. The number of amides is 2. The number of urea groups is 1. The smallest absolute Gasteiger partial charge is 0.422 e. The molecule has 0 radical (unpaired) electrons. The van der Waals surface area contributed by atoms with Crippen molar-refractivity contribution in [3.05, 3.63) is 0 Å². The van der Waals surface area contributed by atoms with Crippen LogP contribution in [0.4, 0.5) is 18.0 Å². The van der Waals surface area contributed by atoms with Gasteiger partial charge in [0.2, 0.25) is 5.54 Å². The van der Waals surface area contributed by atoms with Crippen LogP contribution in [0.5, 0.6) is 0 Å². The first-order valence-corrected chi connectivity index (χ1v) is 5.95. The van der Waals surface area contributed by atoms with Crippen molar-refractivity contribution in [2.45, 2.75) is 50.9 Å². The standard InChI is InChI=1S/C11H17F3N2O3/c1-6(5-7-3-4-7)15-9(19)16-10(2,8(17)18)11(12,13)14/h6-7H,3-5H2,1-2H3,(H,17,18)(H2,15,16,19). The molecule has 2 amide bonds. The van der Waals surface area contributed by atoms with E-state index < -0.39 is 23.7 Å². The molecule has 8 heteroatoms. The normalized spacial score (nSPS) is 20.3. The molecule has 1 aliphatic carbocycles. The van der Waals surface area contributed by atoms with Crippen LogP contribution < -0.4 is 10.6 Å². The van der Waals surface area contributed by atoms with E-state index in [1.807, 2.05) is 0 Å². The Hall–Kier alpha value is -1.47. The SMILES string of the molecule is CC(CC1CC1)NC(=O)NC(C)(C(=O)O)C(F)(F)F. The van der Waals surface area contributed by atoms with Gasteiger partial charge < -0.3 is 15.7 Å². The fourth-order valence-corrected chi connectivity index (χ4v) is 1.65. The highest BCUT2D eigenvalue weighted by Gasteiger charge is 2.58. The third-order valence-electron chi connectivity index (χ3n) is 3.12. The molecule has 19 heavy (non-hydrogen) atoms. The van der Waals surface area contributed by atoms with Gasteiger partial charge in [-0.2, -0.15) is 13.2 Å². The first kappa shape index (κ1) is 15.6. The third kappa shape index (κ3) is 4.00. The second kappa shape index (κ2) is 5.26. The highest BCUT2D eigenvalue weighted by molar-refractivity contribution is 5.86. The molecule has 5 nitrogen and oxygen atoms in total. The van der Waals surface area contributed by atoms with Crippen molar-refractivity contribution in [2.24, 2.45) is 5.92 Å². The van der Waals surface area contributed by atoms with Crippen LogP contribution >= 0.6 is 0 Å². The minimum absolute atomic E-state index is 0.293. The quantitative estimate of drug-likeness (QED) is 0.720. The van der Waals surface area contributed by atoms with Crippen LogP contribution in [0, 0.1) is 5.92 Å². The molecule has 0 spiro atoms. The van der Waals surface area contributed by atoms with Crippen molar-refractivity contribution in [3.63, 3.8) is 0 Å². The molecule has 0 aromatic carbocycles. The average molecular weight is 282 g/mol. The molecule has 0 saturated heterocycles. The second-order valence-corrected chi connectivity index (χ2v) is 5.11. The van der Waals surface area contributed by atoms with Crippen LogP contribution in [0.2, 0.25) is 0 Å². The number of rotatable bonds is 5. The molecule has 0 aromatic heterocycles. The van der Waals surface area contributed by atoms with Gasteiger partial charge in [-0.1, -0.05) is 12.8 Å². The van der Waals surface area contributed by atoms with Crippen molar-refractivity contribution in [3.8, 4) is 0 Å². The fraction of sp³-hybridized carbons (Fsp3) is 0.818. The summed E-state index contributed by atoms with van der Waals surface area (Å²) in [5.74, 6) is -1.64. The Morgan fingerprint density at radius 2 is 1.89 bits per heavy atom. The number of carbonyl (C=O) groups excluding carboxylic acids is 1. The zero-order valence-electron chi connectivity index (χ0n) is 10.7. The summed E-state index contributed by atoms with van der Waals surface area (Å²) in [6.07, 6.45) is -2.27. The lowest BCUT2D eigenvalue weighted by Crippen LogP contribution is -2.64. The topological polar surface area (TPSA) is 78.4 Å². The molecule has 0 bridgehead atoms. The van der Waals surface area contributed by atoms with E-state index in [0.29, 0.717) is 19.3 Å². The Labute approximate surface area is 108 Å². The highest BCUT2D eigenvalue weighted by atomic mass is 19.4. The molecule has 0 aliphatic heterocycles. The maximum atomic E-state index is 12.6. The van der Waals surface area contributed by atoms with Gasteiger partial charge in [-0.05, 0) is 26.2 Å². The monoisotopic (exact) mass is 282 g/mol. The summed E-state index contributed by atoms with van der Waals surface area (Å²) in [5.41, 5.74) is -3.30. The molecule has 1 saturated carbocycles. The van der Waals surface area contributed by atoms with Gasteiger partial charge in [0.1, 0.15) is 0 Å². The number of halogens is 3. The zero-order chi connectivity index (χ0) is 14.8. The lowest BCUT2D eigenvalue weighted by Gasteiger charge is -2.29. The number of alkyl halides is 3. The average Bonchev–Trinajstić information content (AvgIpc) is 2.98. The number of aliphatic carboxylic acids is 1. The van der Waals surface area contributed by atoms with E-state index in [-0.39, 0.29) is 6.04 Å². The molecule has 0 heterocycles. The molecule has 3 N–H and O–H groups in total. The maximum absolute atomic E-state index is 12.6. The van der Waals surface area contributed by atoms with Crippen molar-refractivity contribution in [1.82, 2.24) is 10.6 Å². The molecule has 1 rings (SSSR count). The predicted octanol–water partition coefficient (Wildman–Crippen LogP) is 1.88. The Morgan fingerprint density at radius 3 is 2.26 bits per heavy atom. The van der Waals surface area contributed by atoms with Crippen molar-refractivity contribution in [1.29, 1.82) is 0 Å². The van der Waals surface area contributed by atoms with Crippen LogP contribution in [-0.4, -0.2) is 34.9 Å². The van der Waals surface area contributed by atoms with Crippen LogP contribution in [0.15, 0.2) is 0 Å². The fourth-order valence-electron chi connectivity index (χ4n) is 1.65. The van der Waals surface area contributed by atoms with Crippen molar-refractivity contribution >= 4 is 12.0 Å². The Balaban J connectivity index is 2.58. The van der Waals surface area contributed by atoms with E-state index in [1.54, 1.807) is 6.92 Å². The Kier molecular flexibility index (Phi) is 4.32. The lowest BCUT2D eigenvalue weighted by molar-refractivity contribution is -0.203. The van der Waals surface area contributed by atoms with Gasteiger partial charge in [-0.25, -0.2) is 9.59 Å². The van der Waals surface area contributed by atoms with E-state index in [4.69, 9.17) is 5.11 Å². The summed E-state index contributed by atoms with van der Waals surface area (Å²) in [4.78, 5) is 22.2. The highest BCUT2D eigenvalue weighted by Crippen LogP contribution is 2.33. The van der Waals surface area contributed by atoms with Gasteiger partial charge in [0.25, 0.3) is 0 Å². The minimum Gasteiger partial charge on any atom is -0.479 e. The molecule has 2 atom stereocenters. The first-order valence-electron chi connectivity index (χ1n) is 5.95. The third-order valence-corrected chi connectivity index (χ3v) is 3.12. The molecule has 110 valence electrons. The first-order chi connectivity index (χ1) is 8.56. The van der Waals surface area contributed by atoms with Crippen LogP contribution in [0.3, 0.4) is 0 Å². The van der Waals surface area contributed by atoms with Crippen LogP contribution in [0.25, 0.3) is 0 Å². The lowest BCUT2D eigenvalue weighted by atomic mass is 10.0. The van der Waals surface area contributed by atoms with Gasteiger partial charge in [0.15, 0.2) is 0 Å². The number of carboxylic acid groups (broad SMARTS) is 1. The van der Waals surface area contributed by atoms with Crippen LogP contribution in [0.1, 0.15) is 33.1 Å². The number of hydrogen-bond donors (Lipinski definition) is 3. The van der Waals surface area contributed by atoms with Gasteiger partial charge in [0.05, 0.1) is 0 Å². The Morgan fingerprint density at radius 1 is 1.37 bits per heavy atom. The Bertz CT molecular complexity index is 369. The second-order valence-electron chi connectivity index (χ2n) is 5.11.